The molecule has 0 radical (unpaired) electrons. The Balaban J connectivity index is 1.94. The van der Waals surface area contributed by atoms with Crippen LogP contribution in [0.4, 0.5) is 0 Å². The van der Waals surface area contributed by atoms with Crippen LogP contribution in [0.25, 0.3) is 10.2 Å². The van der Waals surface area contributed by atoms with Crippen molar-refractivity contribution in [1.29, 1.82) is 0 Å². The third-order valence-electron chi connectivity index (χ3n) is 3.36. The molecule has 134 valence electrons. The SMILES string of the molecule is CCO[Si](OCC)(OCC)C(C)CSSc1nc2ccccc2s1. The first-order chi connectivity index (χ1) is 11.6. The fraction of sp³-hybridized carbons (Fsp3) is 0.562. The van der Waals surface area contributed by atoms with Crippen LogP contribution in [0.1, 0.15) is 27.7 Å². The summed E-state index contributed by atoms with van der Waals surface area (Å²) in [7, 11) is 0.898. The Hall–Kier alpha value is -0.0931. The van der Waals surface area contributed by atoms with E-state index in [4.69, 9.17) is 13.3 Å². The van der Waals surface area contributed by atoms with Crippen molar-refractivity contribution >= 4 is 51.9 Å². The lowest BCUT2D eigenvalue weighted by molar-refractivity contribution is 0.0646. The van der Waals surface area contributed by atoms with Gasteiger partial charge in [0.05, 0.1) is 10.2 Å². The highest BCUT2D eigenvalue weighted by Gasteiger charge is 2.46. The number of nitrogens with zero attached hydrogens (tertiary/aromatic N) is 1. The summed E-state index contributed by atoms with van der Waals surface area (Å²) in [4.78, 5) is 4.66. The summed E-state index contributed by atoms with van der Waals surface area (Å²) in [6.45, 7) is 10.0. The number of benzene rings is 1. The highest BCUT2D eigenvalue weighted by molar-refractivity contribution is 8.77. The zero-order valence-electron chi connectivity index (χ0n) is 14.6. The van der Waals surface area contributed by atoms with E-state index in [0.29, 0.717) is 19.8 Å². The Labute approximate surface area is 157 Å². The lowest BCUT2D eigenvalue weighted by Crippen LogP contribution is -2.50. The Kier molecular flexibility index (Phi) is 8.55. The highest BCUT2D eigenvalue weighted by Crippen LogP contribution is 2.40. The van der Waals surface area contributed by atoms with Crippen LogP contribution in [0.2, 0.25) is 5.54 Å². The van der Waals surface area contributed by atoms with E-state index in [2.05, 4.69) is 30.1 Å². The standard InChI is InChI=1S/C16H25NO3S3Si/c1-5-18-24(19-6-2,20-7-3)13(4)12-21-23-16-17-14-10-8-9-11-15(14)22-16/h8-11,13H,5-7,12H2,1-4H3. The molecule has 0 fully saturated rings. The maximum absolute atomic E-state index is 5.98. The van der Waals surface area contributed by atoms with E-state index in [1.54, 1.807) is 32.9 Å². The lowest BCUT2D eigenvalue weighted by atomic mass is 10.3. The molecule has 0 aliphatic heterocycles. The number of hydrogen-bond acceptors (Lipinski definition) is 7. The van der Waals surface area contributed by atoms with Gasteiger partial charge in [0.25, 0.3) is 0 Å². The normalized spacial score (nSPS) is 13.5. The second kappa shape index (κ2) is 10.2. The number of fused-ring (bicyclic) bond motifs is 1. The van der Waals surface area contributed by atoms with Crippen molar-refractivity contribution < 1.29 is 13.3 Å². The van der Waals surface area contributed by atoms with Crippen LogP contribution in [0.3, 0.4) is 0 Å². The van der Waals surface area contributed by atoms with Gasteiger partial charge in [-0.15, -0.1) is 11.3 Å². The smallest absolute Gasteiger partial charge is 0.374 e. The average molecular weight is 404 g/mol. The molecular formula is C16H25NO3S3Si. The van der Waals surface area contributed by atoms with Gasteiger partial charge in [0.2, 0.25) is 0 Å². The minimum Gasteiger partial charge on any atom is -0.374 e. The van der Waals surface area contributed by atoms with Gasteiger partial charge in [-0.3, -0.25) is 0 Å². The summed E-state index contributed by atoms with van der Waals surface area (Å²) >= 11 is 1.74. The summed E-state index contributed by atoms with van der Waals surface area (Å²) in [5.74, 6) is 0.910. The molecule has 0 aliphatic carbocycles. The van der Waals surface area contributed by atoms with Crippen molar-refractivity contribution in [2.75, 3.05) is 25.6 Å². The second-order valence-corrected chi connectivity index (χ2v) is 11.8. The molecule has 0 amide bonds. The maximum Gasteiger partial charge on any atom is 0.504 e. The third kappa shape index (κ3) is 5.20. The van der Waals surface area contributed by atoms with Gasteiger partial charge < -0.3 is 13.3 Å². The number of para-hydroxylation sites is 1. The summed E-state index contributed by atoms with van der Waals surface area (Å²) in [6.07, 6.45) is 0. The zero-order valence-corrected chi connectivity index (χ0v) is 18.1. The first-order valence-electron chi connectivity index (χ1n) is 8.22. The molecule has 0 spiro atoms. The Morgan fingerprint density at radius 3 is 2.29 bits per heavy atom. The summed E-state index contributed by atoms with van der Waals surface area (Å²) in [6, 6.07) is 8.25. The molecule has 1 heterocycles. The Bertz CT molecular complexity index is 575. The first-order valence-corrected chi connectivity index (χ1v) is 13.2. The van der Waals surface area contributed by atoms with Crippen LogP contribution in [-0.4, -0.2) is 39.4 Å². The molecule has 1 unspecified atom stereocenters. The molecule has 8 heteroatoms. The van der Waals surface area contributed by atoms with Crippen LogP contribution in [0, 0.1) is 0 Å². The third-order valence-corrected chi connectivity index (χ3v) is 11.0. The number of thiazole rings is 1. The minimum atomic E-state index is -2.62. The molecule has 2 aromatic rings. The molecule has 1 atom stereocenters. The Morgan fingerprint density at radius 1 is 1.08 bits per heavy atom. The van der Waals surface area contributed by atoms with Crippen LogP contribution < -0.4 is 0 Å². The van der Waals surface area contributed by atoms with Crippen LogP contribution >= 0.6 is 32.9 Å². The predicted octanol–water partition coefficient (Wildman–Crippen LogP) is 5.48. The minimum absolute atomic E-state index is 0.240. The molecular weight excluding hydrogens is 378 g/mol. The maximum atomic E-state index is 5.98. The molecule has 1 aromatic heterocycles. The van der Waals surface area contributed by atoms with Gasteiger partial charge in [0, 0.05) is 31.1 Å². The fourth-order valence-corrected chi connectivity index (χ4v) is 9.65. The molecule has 1 aromatic carbocycles. The molecule has 0 saturated heterocycles. The molecule has 0 bridgehead atoms. The van der Waals surface area contributed by atoms with Crippen molar-refractivity contribution in [3.8, 4) is 0 Å². The van der Waals surface area contributed by atoms with Crippen LogP contribution in [0.5, 0.6) is 0 Å². The topological polar surface area (TPSA) is 40.6 Å². The van der Waals surface area contributed by atoms with Gasteiger partial charge >= 0.3 is 8.80 Å². The van der Waals surface area contributed by atoms with Gasteiger partial charge in [-0.05, 0) is 43.7 Å². The number of aromatic nitrogens is 1. The zero-order chi connectivity index (χ0) is 17.4. The van der Waals surface area contributed by atoms with E-state index in [9.17, 15) is 0 Å². The lowest BCUT2D eigenvalue weighted by Gasteiger charge is -2.33. The monoisotopic (exact) mass is 403 g/mol. The van der Waals surface area contributed by atoms with Crippen LogP contribution in [0.15, 0.2) is 28.6 Å². The summed E-state index contributed by atoms with van der Waals surface area (Å²) in [5.41, 5.74) is 1.31. The second-order valence-electron chi connectivity index (χ2n) is 5.12. The van der Waals surface area contributed by atoms with E-state index >= 15 is 0 Å². The van der Waals surface area contributed by atoms with Crippen molar-refractivity contribution in [2.45, 2.75) is 37.6 Å². The number of hydrogen-bond donors (Lipinski definition) is 0. The number of rotatable bonds is 11. The quantitative estimate of drug-likeness (QED) is 0.366. The molecule has 0 saturated carbocycles. The molecule has 0 aliphatic rings. The van der Waals surface area contributed by atoms with Crippen LogP contribution in [-0.2, 0) is 13.3 Å². The van der Waals surface area contributed by atoms with E-state index in [1.165, 1.54) is 4.70 Å². The van der Waals surface area contributed by atoms with Gasteiger partial charge in [0.1, 0.15) is 0 Å². The largest absolute Gasteiger partial charge is 0.504 e. The van der Waals surface area contributed by atoms with Gasteiger partial charge in [0.15, 0.2) is 4.34 Å². The van der Waals surface area contributed by atoms with Gasteiger partial charge in [-0.25, -0.2) is 4.98 Å². The molecule has 4 nitrogen and oxygen atoms in total. The Morgan fingerprint density at radius 2 is 1.71 bits per heavy atom. The van der Waals surface area contributed by atoms with Gasteiger partial charge in [-0.1, -0.05) is 29.9 Å². The molecule has 0 N–H and O–H groups in total. The fourth-order valence-electron chi connectivity index (χ4n) is 2.33. The van der Waals surface area contributed by atoms with E-state index in [1.807, 2.05) is 26.8 Å². The summed E-state index contributed by atoms with van der Waals surface area (Å²) < 4.78 is 20.3. The van der Waals surface area contributed by atoms with Crippen molar-refractivity contribution in [1.82, 2.24) is 4.98 Å². The average Bonchev–Trinajstić information content (AvgIpc) is 2.98. The predicted molar refractivity (Wildman–Crippen MR) is 108 cm³/mol. The molecule has 2 rings (SSSR count). The highest BCUT2D eigenvalue weighted by atomic mass is 33.1. The van der Waals surface area contributed by atoms with Crippen molar-refractivity contribution in [3.63, 3.8) is 0 Å². The van der Waals surface area contributed by atoms with E-state index < -0.39 is 8.80 Å². The molecule has 24 heavy (non-hydrogen) atoms. The van der Waals surface area contributed by atoms with E-state index in [-0.39, 0.29) is 5.54 Å². The summed E-state index contributed by atoms with van der Waals surface area (Å²) in [5, 5.41) is 0. The van der Waals surface area contributed by atoms with Crippen molar-refractivity contribution in [2.24, 2.45) is 0 Å². The first kappa shape index (κ1) is 20.2. The van der Waals surface area contributed by atoms with E-state index in [0.717, 1.165) is 15.6 Å². The van der Waals surface area contributed by atoms with Gasteiger partial charge in [-0.2, -0.15) is 0 Å². The van der Waals surface area contributed by atoms with Crippen molar-refractivity contribution in [3.05, 3.63) is 24.3 Å².